The summed E-state index contributed by atoms with van der Waals surface area (Å²) in [6, 6.07) is 0. The predicted molar refractivity (Wildman–Crippen MR) is 49.1 cm³/mol. The first-order valence-electron chi connectivity index (χ1n) is 4.94. The maximum atomic E-state index is 9.63. The Kier molecular flexibility index (Phi) is 3.13. The van der Waals surface area contributed by atoms with Crippen molar-refractivity contribution >= 4 is 0 Å². The third-order valence-corrected chi connectivity index (χ3v) is 2.51. The molecule has 0 bridgehead atoms. The molecule has 0 aromatic heterocycles. The van der Waals surface area contributed by atoms with Crippen LogP contribution >= 0.6 is 0 Å². The zero-order valence-corrected chi connectivity index (χ0v) is 8.34. The summed E-state index contributed by atoms with van der Waals surface area (Å²) in [4.78, 5) is 0. The van der Waals surface area contributed by atoms with E-state index in [1.807, 2.05) is 13.8 Å². The number of hydrogen-bond donors (Lipinski definition) is 1. The van der Waals surface area contributed by atoms with Crippen LogP contribution in [0.4, 0.5) is 0 Å². The number of aliphatic hydroxyl groups is 1. The fourth-order valence-electron chi connectivity index (χ4n) is 1.59. The summed E-state index contributed by atoms with van der Waals surface area (Å²) in [6.07, 6.45) is 4.28. The molecular weight excluding hydrogens is 152 g/mol. The molecule has 0 saturated carbocycles. The van der Waals surface area contributed by atoms with Gasteiger partial charge in [-0.3, -0.25) is 0 Å². The van der Waals surface area contributed by atoms with Crippen molar-refractivity contribution in [2.45, 2.75) is 64.3 Å². The first-order chi connectivity index (χ1) is 5.58. The Hall–Kier alpha value is -0.0800. The molecule has 0 radical (unpaired) electrons. The zero-order chi connectivity index (χ0) is 9.19. The highest BCUT2D eigenvalue weighted by atomic mass is 16.6. The normalized spacial score (nSPS) is 28.5. The second-order valence-electron chi connectivity index (χ2n) is 4.21. The van der Waals surface area contributed by atoms with Gasteiger partial charge in [0.15, 0.2) is 0 Å². The van der Waals surface area contributed by atoms with Crippen molar-refractivity contribution in [2.75, 3.05) is 0 Å². The number of aliphatic hydroxyl groups excluding tert-OH is 1. The van der Waals surface area contributed by atoms with Gasteiger partial charge in [-0.2, -0.15) is 0 Å². The number of epoxide rings is 1. The Morgan fingerprint density at radius 2 is 2.00 bits per heavy atom. The lowest BCUT2D eigenvalue weighted by Gasteiger charge is -2.07. The molecule has 2 atom stereocenters. The molecule has 1 N–H and O–H groups in total. The highest BCUT2D eigenvalue weighted by Gasteiger charge is 2.51. The standard InChI is InChI=1S/C10H20O2/c1-4-5-6-7-8(11)9-10(2,3)12-9/h8-9,11H,4-7H2,1-3H3/t8-,9+/m1/s1. The smallest absolute Gasteiger partial charge is 0.113 e. The Bertz CT molecular complexity index is 143. The molecule has 1 saturated heterocycles. The van der Waals surface area contributed by atoms with Gasteiger partial charge in [0.2, 0.25) is 0 Å². The lowest BCUT2D eigenvalue weighted by Crippen LogP contribution is -2.20. The van der Waals surface area contributed by atoms with E-state index in [-0.39, 0.29) is 17.8 Å². The molecule has 2 heteroatoms. The molecule has 1 heterocycles. The van der Waals surface area contributed by atoms with Crippen LogP contribution in [0.25, 0.3) is 0 Å². The third-order valence-electron chi connectivity index (χ3n) is 2.51. The largest absolute Gasteiger partial charge is 0.390 e. The predicted octanol–water partition coefficient (Wildman–Crippen LogP) is 2.10. The van der Waals surface area contributed by atoms with Crippen molar-refractivity contribution in [3.63, 3.8) is 0 Å². The molecule has 0 unspecified atom stereocenters. The van der Waals surface area contributed by atoms with Gasteiger partial charge in [-0.25, -0.2) is 0 Å². The molecule has 72 valence electrons. The summed E-state index contributed by atoms with van der Waals surface area (Å²) in [5.41, 5.74) is -0.0639. The molecule has 0 aromatic rings. The van der Waals surface area contributed by atoms with Gasteiger partial charge in [0.25, 0.3) is 0 Å². The van der Waals surface area contributed by atoms with Crippen molar-refractivity contribution < 1.29 is 9.84 Å². The van der Waals surface area contributed by atoms with Gasteiger partial charge >= 0.3 is 0 Å². The molecule has 1 rings (SSSR count). The monoisotopic (exact) mass is 172 g/mol. The van der Waals surface area contributed by atoms with E-state index >= 15 is 0 Å². The Balaban J connectivity index is 2.09. The molecule has 0 amide bonds. The van der Waals surface area contributed by atoms with Crippen LogP contribution < -0.4 is 0 Å². The maximum Gasteiger partial charge on any atom is 0.113 e. The lowest BCUT2D eigenvalue weighted by atomic mass is 10.0. The Morgan fingerprint density at radius 3 is 2.42 bits per heavy atom. The first kappa shape index (κ1) is 10.0. The lowest BCUT2D eigenvalue weighted by molar-refractivity contribution is 0.123. The summed E-state index contributed by atoms with van der Waals surface area (Å²) >= 11 is 0. The molecular formula is C10H20O2. The summed E-state index contributed by atoms with van der Waals surface area (Å²) in [5.74, 6) is 0. The number of ether oxygens (including phenoxy) is 1. The second-order valence-corrected chi connectivity index (χ2v) is 4.21. The maximum absolute atomic E-state index is 9.63. The summed E-state index contributed by atoms with van der Waals surface area (Å²) in [7, 11) is 0. The van der Waals surface area contributed by atoms with Crippen molar-refractivity contribution in [1.29, 1.82) is 0 Å². The fourth-order valence-corrected chi connectivity index (χ4v) is 1.59. The number of unbranched alkanes of at least 4 members (excludes halogenated alkanes) is 2. The first-order valence-corrected chi connectivity index (χ1v) is 4.94. The Morgan fingerprint density at radius 1 is 1.42 bits per heavy atom. The minimum atomic E-state index is -0.244. The molecule has 1 aliphatic rings. The van der Waals surface area contributed by atoms with Gasteiger partial charge in [0, 0.05) is 0 Å². The molecule has 0 aliphatic carbocycles. The van der Waals surface area contributed by atoms with Gasteiger partial charge < -0.3 is 9.84 Å². The Labute approximate surface area is 74.9 Å². The van der Waals surface area contributed by atoms with Crippen LogP contribution in [0.15, 0.2) is 0 Å². The van der Waals surface area contributed by atoms with Crippen LogP contribution in [0.2, 0.25) is 0 Å². The number of rotatable bonds is 5. The van der Waals surface area contributed by atoms with Crippen molar-refractivity contribution in [3.8, 4) is 0 Å². The van der Waals surface area contributed by atoms with Crippen LogP contribution in [-0.2, 0) is 4.74 Å². The van der Waals surface area contributed by atoms with Crippen LogP contribution in [0.1, 0.15) is 46.5 Å². The van der Waals surface area contributed by atoms with Crippen molar-refractivity contribution in [2.24, 2.45) is 0 Å². The van der Waals surface area contributed by atoms with Gasteiger partial charge in [-0.15, -0.1) is 0 Å². The minimum Gasteiger partial charge on any atom is -0.390 e. The molecule has 12 heavy (non-hydrogen) atoms. The van der Waals surface area contributed by atoms with Gasteiger partial charge in [0.1, 0.15) is 6.10 Å². The third kappa shape index (κ3) is 2.46. The average Bonchev–Trinajstić information content (AvgIpc) is 2.60. The van der Waals surface area contributed by atoms with Crippen molar-refractivity contribution in [1.82, 2.24) is 0 Å². The average molecular weight is 172 g/mol. The zero-order valence-electron chi connectivity index (χ0n) is 8.34. The van der Waals surface area contributed by atoms with Crippen LogP contribution in [-0.4, -0.2) is 22.9 Å². The van der Waals surface area contributed by atoms with Gasteiger partial charge in [0.05, 0.1) is 11.7 Å². The molecule has 0 spiro atoms. The second kappa shape index (κ2) is 3.75. The van der Waals surface area contributed by atoms with Crippen LogP contribution in [0.3, 0.4) is 0 Å². The number of hydrogen-bond acceptors (Lipinski definition) is 2. The van der Waals surface area contributed by atoms with E-state index in [1.165, 1.54) is 12.8 Å². The minimum absolute atomic E-state index is 0.0639. The van der Waals surface area contributed by atoms with E-state index in [0.717, 1.165) is 12.8 Å². The highest BCUT2D eigenvalue weighted by Crippen LogP contribution is 2.38. The van der Waals surface area contributed by atoms with E-state index in [9.17, 15) is 5.11 Å². The highest BCUT2D eigenvalue weighted by molar-refractivity contribution is 4.99. The molecule has 2 nitrogen and oxygen atoms in total. The molecule has 1 fully saturated rings. The van der Waals surface area contributed by atoms with E-state index in [0.29, 0.717) is 0 Å². The van der Waals surface area contributed by atoms with E-state index < -0.39 is 0 Å². The topological polar surface area (TPSA) is 32.8 Å². The summed E-state index contributed by atoms with van der Waals surface area (Å²) in [5, 5.41) is 9.63. The van der Waals surface area contributed by atoms with Crippen LogP contribution in [0, 0.1) is 0 Å². The summed E-state index contributed by atoms with van der Waals surface area (Å²) < 4.78 is 5.35. The van der Waals surface area contributed by atoms with Gasteiger partial charge in [-0.05, 0) is 20.3 Å². The van der Waals surface area contributed by atoms with E-state index in [4.69, 9.17) is 4.74 Å². The fraction of sp³-hybridized carbons (Fsp3) is 1.00. The van der Waals surface area contributed by atoms with E-state index in [2.05, 4.69) is 6.92 Å². The summed E-state index contributed by atoms with van der Waals surface area (Å²) in [6.45, 7) is 6.23. The van der Waals surface area contributed by atoms with E-state index in [1.54, 1.807) is 0 Å². The SMILES string of the molecule is CCCCC[C@@H](O)[C@@H]1OC1(C)C. The molecule has 0 aromatic carbocycles. The molecule has 1 aliphatic heterocycles. The van der Waals surface area contributed by atoms with Crippen LogP contribution in [0.5, 0.6) is 0 Å². The van der Waals surface area contributed by atoms with Crippen molar-refractivity contribution in [3.05, 3.63) is 0 Å². The van der Waals surface area contributed by atoms with Gasteiger partial charge in [-0.1, -0.05) is 26.2 Å². The quantitative estimate of drug-likeness (QED) is 0.509.